The van der Waals surface area contributed by atoms with E-state index in [1.54, 1.807) is 19.2 Å². The summed E-state index contributed by atoms with van der Waals surface area (Å²) in [4.78, 5) is 10.7. The molecule has 0 aliphatic heterocycles. The maximum atomic E-state index is 10.7. The molecule has 0 spiro atoms. The lowest BCUT2D eigenvalue weighted by Crippen LogP contribution is -2.08. The average molecular weight is 188 g/mol. The van der Waals surface area contributed by atoms with Crippen molar-refractivity contribution in [3.05, 3.63) is 47.7 Å². The summed E-state index contributed by atoms with van der Waals surface area (Å²) >= 11 is 0. The molecule has 0 aliphatic rings. The fourth-order valence-electron chi connectivity index (χ4n) is 1.09. The Hall–Kier alpha value is -1.90. The van der Waals surface area contributed by atoms with Crippen LogP contribution in [0, 0.1) is 5.41 Å². The largest absolute Gasteiger partial charge is 0.393 e. The van der Waals surface area contributed by atoms with Crippen molar-refractivity contribution in [3.8, 4) is 0 Å². The van der Waals surface area contributed by atoms with Crippen LogP contribution in [0.15, 0.2) is 42.1 Å². The maximum Gasteiger partial charge on any atom is 0.153 e. The number of rotatable bonds is 4. The first-order valence-electron chi connectivity index (χ1n) is 4.26. The third-order valence-corrected chi connectivity index (χ3v) is 1.78. The Kier molecular flexibility index (Phi) is 3.61. The van der Waals surface area contributed by atoms with E-state index in [0.717, 1.165) is 5.56 Å². The van der Waals surface area contributed by atoms with Gasteiger partial charge in [0.05, 0.1) is 11.3 Å². The first kappa shape index (κ1) is 10.2. The molecule has 1 aromatic carbocycles. The Labute approximate surface area is 83.0 Å². The Bertz CT molecular complexity index is 355. The van der Waals surface area contributed by atoms with E-state index in [9.17, 15) is 4.79 Å². The lowest BCUT2D eigenvalue weighted by atomic mass is 10.0. The van der Waals surface area contributed by atoms with Crippen molar-refractivity contribution in [1.29, 1.82) is 5.41 Å². The molecule has 3 nitrogen and oxygen atoms in total. The van der Waals surface area contributed by atoms with Crippen LogP contribution in [0.2, 0.25) is 0 Å². The zero-order chi connectivity index (χ0) is 10.4. The number of hydrogen-bond acceptors (Lipinski definition) is 3. The Morgan fingerprint density at radius 2 is 2.00 bits per heavy atom. The van der Waals surface area contributed by atoms with Crippen molar-refractivity contribution in [2.45, 2.75) is 0 Å². The second-order valence-electron chi connectivity index (χ2n) is 2.75. The molecule has 0 aromatic heterocycles. The van der Waals surface area contributed by atoms with E-state index < -0.39 is 0 Å². The highest BCUT2D eigenvalue weighted by molar-refractivity contribution is 6.21. The van der Waals surface area contributed by atoms with Gasteiger partial charge in [-0.05, 0) is 0 Å². The highest BCUT2D eigenvalue weighted by atomic mass is 16.1. The SMILES string of the molecule is CN/C=C(/C=O)C(=N)c1ccccc1. The third-order valence-electron chi connectivity index (χ3n) is 1.78. The van der Waals surface area contributed by atoms with Gasteiger partial charge >= 0.3 is 0 Å². The molecule has 0 saturated carbocycles. The summed E-state index contributed by atoms with van der Waals surface area (Å²) in [7, 11) is 1.70. The summed E-state index contributed by atoms with van der Waals surface area (Å²) in [6.07, 6.45) is 2.19. The second kappa shape index (κ2) is 4.97. The molecule has 0 amide bonds. The highest BCUT2D eigenvalue weighted by Gasteiger charge is 2.05. The van der Waals surface area contributed by atoms with Crippen molar-refractivity contribution < 1.29 is 4.79 Å². The van der Waals surface area contributed by atoms with Gasteiger partial charge in [0.1, 0.15) is 0 Å². The summed E-state index contributed by atoms with van der Waals surface area (Å²) in [5.41, 5.74) is 1.31. The number of carbonyl (C=O) groups is 1. The first-order valence-corrected chi connectivity index (χ1v) is 4.26. The van der Waals surface area contributed by atoms with Crippen LogP contribution in [0.1, 0.15) is 5.56 Å². The summed E-state index contributed by atoms with van der Waals surface area (Å²) < 4.78 is 0. The van der Waals surface area contributed by atoms with Crippen LogP contribution in [-0.2, 0) is 4.79 Å². The maximum absolute atomic E-state index is 10.7. The van der Waals surface area contributed by atoms with E-state index in [-0.39, 0.29) is 5.71 Å². The molecule has 0 atom stereocenters. The number of carbonyl (C=O) groups excluding carboxylic acids is 1. The molecular weight excluding hydrogens is 176 g/mol. The summed E-state index contributed by atoms with van der Waals surface area (Å²) in [5, 5.41) is 10.5. The number of allylic oxidation sites excluding steroid dienone is 1. The fraction of sp³-hybridized carbons (Fsp3) is 0.0909. The van der Waals surface area contributed by atoms with Crippen molar-refractivity contribution in [2.24, 2.45) is 0 Å². The lowest BCUT2D eigenvalue weighted by molar-refractivity contribution is -0.104. The number of aldehydes is 1. The van der Waals surface area contributed by atoms with E-state index in [1.165, 1.54) is 6.20 Å². The van der Waals surface area contributed by atoms with Gasteiger partial charge in [-0.1, -0.05) is 30.3 Å². The summed E-state index contributed by atoms with van der Waals surface area (Å²) in [6, 6.07) is 9.15. The van der Waals surface area contributed by atoms with Crippen LogP contribution in [0.3, 0.4) is 0 Å². The van der Waals surface area contributed by atoms with Crippen LogP contribution in [0.25, 0.3) is 0 Å². The van der Waals surface area contributed by atoms with Crippen molar-refractivity contribution >= 4 is 12.0 Å². The van der Waals surface area contributed by atoms with Crippen LogP contribution in [0.4, 0.5) is 0 Å². The van der Waals surface area contributed by atoms with Crippen LogP contribution < -0.4 is 5.32 Å². The Morgan fingerprint density at radius 3 is 2.50 bits per heavy atom. The minimum Gasteiger partial charge on any atom is -0.393 e. The Morgan fingerprint density at radius 1 is 1.36 bits per heavy atom. The molecule has 72 valence electrons. The monoisotopic (exact) mass is 188 g/mol. The van der Waals surface area contributed by atoms with Gasteiger partial charge in [-0.3, -0.25) is 10.2 Å². The van der Waals surface area contributed by atoms with E-state index in [1.807, 2.05) is 18.2 Å². The van der Waals surface area contributed by atoms with Crippen molar-refractivity contribution in [1.82, 2.24) is 5.32 Å². The van der Waals surface area contributed by atoms with Gasteiger partial charge in [-0.15, -0.1) is 0 Å². The minimum absolute atomic E-state index is 0.231. The molecule has 0 bridgehead atoms. The second-order valence-corrected chi connectivity index (χ2v) is 2.75. The van der Waals surface area contributed by atoms with Gasteiger partial charge in [0.15, 0.2) is 6.29 Å². The van der Waals surface area contributed by atoms with E-state index in [0.29, 0.717) is 11.9 Å². The molecule has 0 saturated heterocycles. The summed E-state index contributed by atoms with van der Waals surface area (Å²) in [6.45, 7) is 0. The molecule has 0 fully saturated rings. The van der Waals surface area contributed by atoms with E-state index in [4.69, 9.17) is 5.41 Å². The van der Waals surface area contributed by atoms with Gasteiger partial charge in [-0.25, -0.2) is 0 Å². The molecule has 0 heterocycles. The molecule has 0 radical (unpaired) electrons. The van der Waals surface area contributed by atoms with Crippen molar-refractivity contribution in [2.75, 3.05) is 7.05 Å². The average Bonchev–Trinajstić information content (AvgIpc) is 2.26. The molecule has 3 heteroatoms. The first-order chi connectivity index (χ1) is 6.79. The van der Waals surface area contributed by atoms with Gasteiger partial charge < -0.3 is 5.32 Å². The van der Waals surface area contributed by atoms with E-state index >= 15 is 0 Å². The smallest absolute Gasteiger partial charge is 0.153 e. The summed E-state index contributed by atoms with van der Waals surface area (Å²) in [5.74, 6) is 0. The fourth-order valence-corrected chi connectivity index (χ4v) is 1.09. The molecule has 0 unspecified atom stereocenters. The standard InChI is InChI=1S/C11H12N2O/c1-13-7-10(8-14)11(12)9-5-3-2-4-6-9/h2-8,12-13H,1H3/b10-7-,12-11?. The van der Waals surface area contributed by atoms with Gasteiger partial charge in [0, 0.05) is 18.8 Å². The van der Waals surface area contributed by atoms with Crippen LogP contribution >= 0.6 is 0 Å². The number of benzene rings is 1. The molecular formula is C11H12N2O. The lowest BCUT2D eigenvalue weighted by Gasteiger charge is -2.02. The third kappa shape index (κ3) is 2.29. The zero-order valence-corrected chi connectivity index (χ0v) is 7.95. The normalized spacial score (nSPS) is 10.8. The van der Waals surface area contributed by atoms with Gasteiger partial charge in [-0.2, -0.15) is 0 Å². The van der Waals surface area contributed by atoms with Gasteiger partial charge in [0.25, 0.3) is 0 Å². The number of nitrogens with one attached hydrogen (secondary N) is 2. The predicted molar refractivity (Wildman–Crippen MR) is 56.5 cm³/mol. The molecule has 0 aliphatic carbocycles. The van der Waals surface area contributed by atoms with E-state index in [2.05, 4.69) is 5.32 Å². The topological polar surface area (TPSA) is 53.0 Å². The molecule has 2 N–H and O–H groups in total. The Balaban J connectivity index is 2.95. The van der Waals surface area contributed by atoms with Gasteiger partial charge in [0.2, 0.25) is 0 Å². The predicted octanol–water partition coefficient (Wildman–Crippen LogP) is 1.36. The highest BCUT2D eigenvalue weighted by Crippen LogP contribution is 2.05. The molecule has 1 aromatic rings. The van der Waals surface area contributed by atoms with Crippen LogP contribution in [-0.4, -0.2) is 19.0 Å². The van der Waals surface area contributed by atoms with Crippen LogP contribution in [0.5, 0.6) is 0 Å². The number of hydrogen-bond donors (Lipinski definition) is 2. The minimum atomic E-state index is 0.231. The quantitative estimate of drug-likeness (QED) is 0.426. The van der Waals surface area contributed by atoms with Crippen molar-refractivity contribution in [3.63, 3.8) is 0 Å². The zero-order valence-electron chi connectivity index (χ0n) is 7.95. The molecule has 1 rings (SSSR count). The molecule has 14 heavy (non-hydrogen) atoms.